The Balaban J connectivity index is 2.54. The molecule has 0 aliphatic heterocycles. The van der Waals surface area contributed by atoms with E-state index >= 15 is 0 Å². The van der Waals surface area contributed by atoms with Crippen molar-refractivity contribution in [1.82, 2.24) is 9.47 Å². The van der Waals surface area contributed by atoms with Crippen LogP contribution in [-0.2, 0) is 13.5 Å². The molecule has 0 saturated carbocycles. The molecule has 0 atom stereocenters. The molecule has 0 radical (unpaired) electrons. The summed E-state index contributed by atoms with van der Waals surface area (Å²) in [5.74, 6) is 0.0592. The number of thiophene rings is 1. The van der Waals surface area contributed by atoms with Crippen molar-refractivity contribution in [1.29, 1.82) is 0 Å². The molecule has 0 aliphatic carbocycles. The van der Waals surface area contributed by atoms with Crippen LogP contribution in [0.1, 0.15) is 22.3 Å². The minimum absolute atomic E-state index is 0.0592. The average Bonchev–Trinajstić information content (AvgIpc) is 2.77. The van der Waals surface area contributed by atoms with Crippen LogP contribution in [0.2, 0.25) is 0 Å². The monoisotopic (exact) mass is 236 g/mol. The molecule has 4 heteroatoms. The summed E-state index contributed by atoms with van der Waals surface area (Å²) in [5, 5.41) is 0. The number of hydrogen-bond donors (Lipinski definition) is 0. The number of amides is 1. The quantitative estimate of drug-likeness (QED) is 0.786. The molecule has 1 amide bonds. The molecule has 86 valence electrons. The Morgan fingerprint density at radius 3 is 2.62 bits per heavy atom. The molecule has 0 aliphatic rings. The first-order valence-corrected chi connectivity index (χ1v) is 6.16. The van der Waals surface area contributed by atoms with E-state index < -0.39 is 0 Å². The van der Waals surface area contributed by atoms with E-state index in [-0.39, 0.29) is 5.91 Å². The van der Waals surface area contributed by atoms with E-state index in [4.69, 9.17) is 0 Å². The van der Waals surface area contributed by atoms with E-state index in [1.807, 2.05) is 17.7 Å². The molecular formula is C12H16N2OS. The zero-order valence-corrected chi connectivity index (χ0v) is 10.9. The predicted molar refractivity (Wildman–Crippen MR) is 68.2 cm³/mol. The third kappa shape index (κ3) is 1.63. The second-order valence-corrected chi connectivity index (χ2v) is 5.27. The van der Waals surface area contributed by atoms with Gasteiger partial charge in [-0.2, -0.15) is 0 Å². The lowest BCUT2D eigenvalue weighted by molar-refractivity contribution is 0.0819. The molecule has 2 rings (SSSR count). The van der Waals surface area contributed by atoms with Crippen LogP contribution in [0, 0.1) is 0 Å². The Hall–Kier alpha value is -1.29. The van der Waals surface area contributed by atoms with E-state index in [0.717, 1.165) is 17.6 Å². The highest BCUT2D eigenvalue weighted by atomic mass is 32.1. The number of hydrogen-bond acceptors (Lipinski definition) is 2. The average molecular weight is 236 g/mol. The van der Waals surface area contributed by atoms with Gasteiger partial charge in [-0.25, -0.2) is 0 Å². The molecule has 0 N–H and O–H groups in total. The van der Waals surface area contributed by atoms with Crippen LogP contribution in [0.15, 0.2) is 12.1 Å². The van der Waals surface area contributed by atoms with Crippen LogP contribution in [0.4, 0.5) is 0 Å². The smallest absolute Gasteiger partial charge is 0.270 e. The summed E-state index contributed by atoms with van der Waals surface area (Å²) in [7, 11) is 5.51. The molecule has 16 heavy (non-hydrogen) atoms. The van der Waals surface area contributed by atoms with Crippen molar-refractivity contribution < 1.29 is 4.79 Å². The first-order chi connectivity index (χ1) is 7.54. The molecule has 2 aromatic rings. The van der Waals surface area contributed by atoms with Gasteiger partial charge in [-0.1, -0.05) is 6.92 Å². The van der Waals surface area contributed by atoms with E-state index in [1.54, 1.807) is 30.3 Å². The predicted octanol–water partition coefficient (Wildman–Crippen LogP) is 2.50. The summed E-state index contributed by atoms with van der Waals surface area (Å²) in [4.78, 5) is 14.9. The first-order valence-electron chi connectivity index (χ1n) is 5.34. The van der Waals surface area contributed by atoms with Gasteiger partial charge in [0, 0.05) is 26.0 Å². The van der Waals surface area contributed by atoms with Crippen LogP contribution in [0.25, 0.3) is 10.2 Å². The zero-order chi connectivity index (χ0) is 11.9. The number of fused-ring (bicyclic) bond motifs is 1. The molecule has 3 nitrogen and oxygen atoms in total. The zero-order valence-electron chi connectivity index (χ0n) is 10.1. The minimum Gasteiger partial charge on any atom is -0.343 e. The van der Waals surface area contributed by atoms with Gasteiger partial charge in [-0.15, -0.1) is 11.3 Å². The van der Waals surface area contributed by atoms with E-state index in [9.17, 15) is 4.79 Å². The van der Waals surface area contributed by atoms with Gasteiger partial charge in [-0.3, -0.25) is 4.79 Å². The van der Waals surface area contributed by atoms with E-state index in [0.29, 0.717) is 0 Å². The van der Waals surface area contributed by atoms with Crippen molar-refractivity contribution in [3.8, 4) is 0 Å². The molecule has 0 saturated heterocycles. The number of carbonyl (C=O) groups excluding carboxylic acids is 1. The highest BCUT2D eigenvalue weighted by Crippen LogP contribution is 2.28. The molecule has 0 unspecified atom stereocenters. The van der Waals surface area contributed by atoms with Crippen LogP contribution < -0.4 is 0 Å². The van der Waals surface area contributed by atoms with Crippen molar-refractivity contribution >= 4 is 27.5 Å². The van der Waals surface area contributed by atoms with Gasteiger partial charge in [0.15, 0.2) is 0 Å². The maximum absolute atomic E-state index is 11.9. The fourth-order valence-electron chi connectivity index (χ4n) is 1.77. The fourth-order valence-corrected chi connectivity index (χ4v) is 2.84. The molecule has 0 fully saturated rings. The number of carbonyl (C=O) groups is 1. The third-order valence-corrected chi connectivity index (χ3v) is 3.97. The van der Waals surface area contributed by atoms with Crippen LogP contribution in [0.5, 0.6) is 0 Å². The third-order valence-electron chi connectivity index (χ3n) is 2.76. The second-order valence-electron chi connectivity index (χ2n) is 4.10. The lowest BCUT2D eigenvalue weighted by atomic mass is 10.3. The Kier molecular flexibility index (Phi) is 2.76. The van der Waals surface area contributed by atoms with Crippen LogP contribution in [-0.4, -0.2) is 29.5 Å². The fraction of sp³-hybridized carbons (Fsp3) is 0.417. The lowest BCUT2D eigenvalue weighted by Crippen LogP contribution is -2.23. The summed E-state index contributed by atoms with van der Waals surface area (Å²) in [6.45, 7) is 2.15. The largest absolute Gasteiger partial charge is 0.343 e. The Bertz CT molecular complexity index is 536. The summed E-state index contributed by atoms with van der Waals surface area (Å²) < 4.78 is 3.18. The molecule has 2 aromatic heterocycles. The molecule has 0 bridgehead atoms. The number of rotatable bonds is 2. The summed E-state index contributed by atoms with van der Waals surface area (Å²) in [5.41, 5.74) is 1.92. The van der Waals surface area contributed by atoms with Crippen molar-refractivity contribution in [3.63, 3.8) is 0 Å². The normalized spacial score (nSPS) is 11.0. The highest BCUT2D eigenvalue weighted by Gasteiger charge is 2.16. The van der Waals surface area contributed by atoms with E-state index in [1.165, 1.54) is 9.58 Å². The van der Waals surface area contributed by atoms with Gasteiger partial charge in [-0.05, 0) is 18.6 Å². The number of aryl methyl sites for hydroxylation is 2. The summed E-state index contributed by atoms with van der Waals surface area (Å²) in [6, 6.07) is 4.16. The maximum Gasteiger partial charge on any atom is 0.270 e. The van der Waals surface area contributed by atoms with Gasteiger partial charge in [0.2, 0.25) is 0 Å². The minimum atomic E-state index is 0.0592. The Morgan fingerprint density at radius 1 is 1.44 bits per heavy atom. The maximum atomic E-state index is 11.9. The molecule has 2 heterocycles. The first kappa shape index (κ1) is 11.2. The lowest BCUT2D eigenvalue weighted by Gasteiger charge is -2.10. The molecule has 0 spiro atoms. The van der Waals surface area contributed by atoms with Gasteiger partial charge < -0.3 is 9.47 Å². The topological polar surface area (TPSA) is 25.2 Å². The van der Waals surface area contributed by atoms with Gasteiger partial charge in [0.1, 0.15) is 5.69 Å². The van der Waals surface area contributed by atoms with Crippen molar-refractivity contribution in [2.75, 3.05) is 14.1 Å². The molecular weight excluding hydrogens is 220 g/mol. The van der Waals surface area contributed by atoms with Gasteiger partial charge in [0.05, 0.1) is 10.2 Å². The second kappa shape index (κ2) is 3.94. The number of aromatic nitrogens is 1. The highest BCUT2D eigenvalue weighted by molar-refractivity contribution is 7.19. The van der Waals surface area contributed by atoms with Gasteiger partial charge in [0.25, 0.3) is 5.91 Å². The van der Waals surface area contributed by atoms with Crippen LogP contribution >= 0.6 is 11.3 Å². The van der Waals surface area contributed by atoms with Crippen molar-refractivity contribution in [2.24, 2.45) is 7.05 Å². The van der Waals surface area contributed by atoms with Crippen LogP contribution in [0.3, 0.4) is 0 Å². The summed E-state index contributed by atoms with van der Waals surface area (Å²) >= 11 is 1.77. The van der Waals surface area contributed by atoms with E-state index in [2.05, 4.69) is 13.0 Å². The number of nitrogens with zero attached hydrogens (tertiary/aromatic N) is 2. The van der Waals surface area contributed by atoms with Crippen molar-refractivity contribution in [3.05, 3.63) is 22.7 Å². The molecule has 0 aromatic carbocycles. The van der Waals surface area contributed by atoms with Crippen molar-refractivity contribution in [2.45, 2.75) is 13.3 Å². The van der Waals surface area contributed by atoms with Gasteiger partial charge >= 0.3 is 0 Å². The SMILES string of the molecule is CCc1cc2c(cc(C(=O)N(C)C)n2C)s1. The standard InChI is InChI=1S/C12H16N2OS/c1-5-8-6-9-11(16-8)7-10(14(9)4)12(15)13(2)3/h6-7H,5H2,1-4H3. The summed E-state index contributed by atoms with van der Waals surface area (Å²) in [6.07, 6.45) is 1.05. The Labute approximate surface area is 99.3 Å². The Morgan fingerprint density at radius 2 is 2.12 bits per heavy atom.